The standard InChI is InChI=1S/C12H8BrClN2O3S/c13-10-5-4-7(20-10)6-15-12(17)8-2-1-3-9(14)11(8)16(18)19/h1-5H,6H2,(H,15,17). The summed E-state index contributed by atoms with van der Waals surface area (Å²) < 4.78 is 0.954. The number of nitro groups is 1. The molecule has 0 aliphatic heterocycles. The van der Waals surface area contributed by atoms with E-state index in [1.807, 2.05) is 12.1 Å². The van der Waals surface area contributed by atoms with E-state index in [0.717, 1.165) is 8.66 Å². The third-order valence-electron chi connectivity index (χ3n) is 2.47. The van der Waals surface area contributed by atoms with Gasteiger partial charge >= 0.3 is 5.69 Å². The Bertz CT molecular complexity index is 674. The van der Waals surface area contributed by atoms with Crippen LogP contribution in [0, 0.1) is 10.1 Å². The zero-order valence-corrected chi connectivity index (χ0v) is 13.1. The van der Waals surface area contributed by atoms with Crippen molar-refractivity contribution in [3.05, 3.63) is 59.7 Å². The molecule has 1 aromatic heterocycles. The number of nitrogens with zero attached hydrogens (tertiary/aromatic N) is 1. The Balaban J connectivity index is 2.17. The molecule has 1 amide bonds. The molecule has 5 nitrogen and oxygen atoms in total. The largest absolute Gasteiger partial charge is 0.347 e. The van der Waals surface area contributed by atoms with Crippen molar-refractivity contribution in [2.24, 2.45) is 0 Å². The lowest BCUT2D eigenvalue weighted by Crippen LogP contribution is -2.23. The fourth-order valence-electron chi connectivity index (χ4n) is 1.59. The smallest absolute Gasteiger partial charge is 0.300 e. The molecule has 0 saturated carbocycles. The molecule has 0 saturated heterocycles. The SMILES string of the molecule is O=C(NCc1ccc(Br)s1)c1cccc(Cl)c1[N+](=O)[O-]. The minimum absolute atomic E-state index is 0.0434. The second kappa shape index (κ2) is 6.34. The molecule has 0 spiro atoms. The van der Waals surface area contributed by atoms with Crippen LogP contribution in [-0.4, -0.2) is 10.8 Å². The molecule has 104 valence electrons. The van der Waals surface area contributed by atoms with Crippen molar-refractivity contribution in [2.45, 2.75) is 6.54 Å². The van der Waals surface area contributed by atoms with Crippen LogP contribution in [0.5, 0.6) is 0 Å². The summed E-state index contributed by atoms with van der Waals surface area (Å²) >= 11 is 10.6. The van der Waals surface area contributed by atoms with Crippen LogP contribution in [0.4, 0.5) is 5.69 Å². The first kappa shape index (κ1) is 15.0. The minimum atomic E-state index is -0.654. The highest BCUT2D eigenvalue weighted by Gasteiger charge is 2.23. The van der Waals surface area contributed by atoms with E-state index in [2.05, 4.69) is 21.2 Å². The first-order valence-electron chi connectivity index (χ1n) is 5.44. The highest BCUT2D eigenvalue weighted by molar-refractivity contribution is 9.11. The van der Waals surface area contributed by atoms with Gasteiger partial charge in [0.1, 0.15) is 10.6 Å². The predicted octanol–water partition coefficient (Wildman–Crippen LogP) is 4.00. The summed E-state index contributed by atoms with van der Waals surface area (Å²) in [5, 5.41) is 13.5. The summed E-state index contributed by atoms with van der Waals surface area (Å²) in [5.74, 6) is -0.524. The van der Waals surface area contributed by atoms with E-state index in [4.69, 9.17) is 11.6 Å². The molecule has 8 heteroatoms. The number of para-hydroxylation sites is 1. The van der Waals surface area contributed by atoms with Gasteiger partial charge in [0.25, 0.3) is 5.91 Å². The molecule has 0 radical (unpaired) electrons. The van der Waals surface area contributed by atoms with Gasteiger partial charge in [-0.15, -0.1) is 11.3 Å². The van der Waals surface area contributed by atoms with E-state index >= 15 is 0 Å². The average molecular weight is 376 g/mol. The number of carbonyl (C=O) groups excluding carboxylic acids is 1. The van der Waals surface area contributed by atoms with Gasteiger partial charge in [-0.1, -0.05) is 17.7 Å². The van der Waals surface area contributed by atoms with Crippen LogP contribution in [0.15, 0.2) is 34.1 Å². The predicted molar refractivity (Wildman–Crippen MR) is 81.3 cm³/mol. The van der Waals surface area contributed by atoms with Gasteiger partial charge in [0.05, 0.1) is 15.3 Å². The van der Waals surface area contributed by atoms with Gasteiger partial charge in [-0.3, -0.25) is 14.9 Å². The Labute approximate surface area is 131 Å². The molecule has 0 fully saturated rings. The Morgan fingerprint density at radius 3 is 2.75 bits per heavy atom. The molecule has 0 aliphatic rings. The summed E-state index contributed by atoms with van der Waals surface area (Å²) in [6.45, 7) is 0.304. The first-order chi connectivity index (χ1) is 9.49. The first-order valence-corrected chi connectivity index (χ1v) is 7.43. The number of thiophene rings is 1. The Kier molecular flexibility index (Phi) is 4.74. The summed E-state index contributed by atoms with van der Waals surface area (Å²) in [6.07, 6.45) is 0. The minimum Gasteiger partial charge on any atom is -0.347 e. The number of benzene rings is 1. The zero-order valence-electron chi connectivity index (χ0n) is 9.93. The van der Waals surface area contributed by atoms with Crippen LogP contribution >= 0.6 is 38.9 Å². The van der Waals surface area contributed by atoms with Gasteiger partial charge in [0.15, 0.2) is 0 Å². The van der Waals surface area contributed by atoms with Gasteiger partial charge in [-0.2, -0.15) is 0 Å². The van der Waals surface area contributed by atoms with Crippen LogP contribution in [0.25, 0.3) is 0 Å². The van der Waals surface area contributed by atoms with E-state index in [0.29, 0.717) is 6.54 Å². The van der Waals surface area contributed by atoms with E-state index < -0.39 is 10.8 Å². The maximum absolute atomic E-state index is 12.0. The zero-order chi connectivity index (χ0) is 14.7. The summed E-state index contributed by atoms with van der Waals surface area (Å²) in [4.78, 5) is 23.3. The van der Waals surface area contributed by atoms with Crippen LogP contribution in [-0.2, 0) is 6.54 Å². The van der Waals surface area contributed by atoms with Crippen LogP contribution in [0.1, 0.15) is 15.2 Å². The van der Waals surface area contributed by atoms with Crippen molar-refractivity contribution >= 4 is 50.5 Å². The molecule has 0 unspecified atom stereocenters. The number of rotatable bonds is 4. The fourth-order valence-corrected chi connectivity index (χ4v) is 3.26. The number of nitrogens with one attached hydrogen (secondary N) is 1. The molecule has 0 atom stereocenters. The van der Waals surface area contributed by atoms with Gasteiger partial charge < -0.3 is 5.32 Å². The summed E-state index contributed by atoms with van der Waals surface area (Å²) in [5.41, 5.74) is -0.419. The number of amides is 1. The molecule has 0 aliphatic carbocycles. The third kappa shape index (κ3) is 3.36. The molecule has 0 bridgehead atoms. The van der Waals surface area contributed by atoms with E-state index in [-0.39, 0.29) is 16.3 Å². The quantitative estimate of drug-likeness (QED) is 0.648. The maximum Gasteiger partial charge on any atom is 0.300 e. The monoisotopic (exact) mass is 374 g/mol. The lowest BCUT2D eigenvalue weighted by molar-refractivity contribution is -0.385. The van der Waals surface area contributed by atoms with E-state index in [1.54, 1.807) is 0 Å². The lowest BCUT2D eigenvalue weighted by Gasteiger charge is -2.05. The van der Waals surface area contributed by atoms with Gasteiger partial charge in [0, 0.05) is 4.88 Å². The topological polar surface area (TPSA) is 72.2 Å². The average Bonchev–Trinajstić information content (AvgIpc) is 2.81. The lowest BCUT2D eigenvalue weighted by atomic mass is 10.1. The summed E-state index contributed by atoms with van der Waals surface area (Å²) in [7, 11) is 0. The summed E-state index contributed by atoms with van der Waals surface area (Å²) in [6, 6.07) is 8.00. The molecule has 1 aromatic carbocycles. The number of halogens is 2. The third-order valence-corrected chi connectivity index (χ3v) is 4.39. The Morgan fingerprint density at radius 2 is 2.15 bits per heavy atom. The van der Waals surface area contributed by atoms with E-state index in [1.165, 1.54) is 29.5 Å². The molecular formula is C12H8BrClN2O3S. The van der Waals surface area contributed by atoms with E-state index in [9.17, 15) is 14.9 Å². The normalized spacial score (nSPS) is 10.3. The maximum atomic E-state index is 12.0. The van der Waals surface area contributed by atoms with Gasteiger partial charge in [0.2, 0.25) is 0 Å². The number of carbonyl (C=O) groups is 1. The van der Waals surface area contributed by atoms with Crippen LogP contribution in [0.2, 0.25) is 5.02 Å². The second-order valence-electron chi connectivity index (χ2n) is 3.78. The molecule has 2 rings (SSSR count). The molecule has 20 heavy (non-hydrogen) atoms. The Morgan fingerprint density at radius 1 is 1.40 bits per heavy atom. The van der Waals surface area contributed by atoms with Gasteiger partial charge in [-0.25, -0.2) is 0 Å². The van der Waals surface area contributed by atoms with Gasteiger partial charge in [-0.05, 0) is 40.2 Å². The highest BCUT2D eigenvalue weighted by atomic mass is 79.9. The Hall–Kier alpha value is -1.44. The number of nitro benzene ring substituents is 1. The van der Waals surface area contributed by atoms with Crippen LogP contribution in [0.3, 0.4) is 0 Å². The van der Waals surface area contributed by atoms with Crippen molar-refractivity contribution in [2.75, 3.05) is 0 Å². The second-order valence-corrected chi connectivity index (χ2v) is 6.74. The molecule has 2 aromatic rings. The highest BCUT2D eigenvalue weighted by Crippen LogP contribution is 2.28. The molecular weight excluding hydrogens is 368 g/mol. The number of hydrogen-bond donors (Lipinski definition) is 1. The van der Waals surface area contributed by atoms with Crippen molar-refractivity contribution in [1.82, 2.24) is 5.32 Å². The van der Waals surface area contributed by atoms with Crippen molar-refractivity contribution in [3.63, 3.8) is 0 Å². The molecule has 1 heterocycles. The number of hydrogen-bond acceptors (Lipinski definition) is 4. The molecule has 1 N–H and O–H groups in total. The van der Waals surface area contributed by atoms with Crippen LogP contribution < -0.4 is 5.32 Å². The van der Waals surface area contributed by atoms with Crippen molar-refractivity contribution in [3.8, 4) is 0 Å². The van der Waals surface area contributed by atoms with Crippen molar-refractivity contribution < 1.29 is 9.72 Å². The van der Waals surface area contributed by atoms with Crippen molar-refractivity contribution in [1.29, 1.82) is 0 Å². The fraction of sp³-hybridized carbons (Fsp3) is 0.0833.